The minimum atomic E-state index is -0.577. The molecule has 0 bridgehead atoms. The molecule has 4 nitrogen and oxygen atoms in total. The summed E-state index contributed by atoms with van der Waals surface area (Å²) in [5.74, 6) is 0.000869. The molecule has 2 aliphatic rings. The summed E-state index contributed by atoms with van der Waals surface area (Å²) in [6, 6.07) is 14.8. The zero-order valence-corrected chi connectivity index (χ0v) is 19.8. The van der Waals surface area contributed by atoms with Crippen molar-refractivity contribution in [1.82, 2.24) is 4.90 Å². The van der Waals surface area contributed by atoms with E-state index in [1.54, 1.807) is 29.2 Å². The van der Waals surface area contributed by atoms with Crippen LogP contribution >= 0.6 is 23.2 Å². The molecule has 2 fully saturated rings. The summed E-state index contributed by atoms with van der Waals surface area (Å²) in [5, 5.41) is 1.28. The molecule has 2 aromatic carbocycles. The van der Waals surface area contributed by atoms with Crippen LogP contribution in [-0.4, -0.2) is 35.5 Å². The Bertz CT molecular complexity index is 1040. The Balaban J connectivity index is 1.70. The van der Waals surface area contributed by atoms with Crippen LogP contribution in [0, 0.1) is 5.41 Å². The quantitative estimate of drug-likeness (QED) is 0.461. The molecule has 1 aliphatic carbocycles. The molecule has 1 amide bonds. The Kier molecular flexibility index (Phi) is 5.95. The molecule has 0 unspecified atom stereocenters. The van der Waals surface area contributed by atoms with E-state index in [2.05, 4.69) is 0 Å². The van der Waals surface area contributed by atoms with E-state index in [4.69, 9.17) is 27.9 Å². The molecule has 0 aromatic heterocycles. The summed E-state index contributed by atoms with van der Waals surface area (Å²) in [4.78, 5) is 27.7. The Labute approximate surface area is 198 Å². The van der Waals surface area contributed by atoms with Gasteiger partial charge in [-0.05, 0) is 74.7 Å². The summed E-state index contributed by atoms with van der Waals surface area (Å²) in [7, 11) is 0. The molecule has 1 saturated carbocycles. The first-order chi connectivity index (χ1) is 15.1. The fourth-order valence-corrected chi connectivity index (χ4v) is 4.50. The largest absolute Gasteiger partial charge is 0.444 e. The van der Waals surface area contributed by atoms with Gasteiger partial charge in [-0.25, -0.2) is 4.79 Å². The van der Waals surface area contributed by atoms with Crippen molar-refractivity contribution in [3.8, 4) is 0 Å². The van der Waals surface area contributed by atoms with E-state index in [-0.39, 0.29) is 11.9 Å². The minimum absolute atomic E-state index is 0.000869. The van der Waals surface area contributed by atoms with Crippen LogP contribution in [-0.2, 0) is 9.53 Å². The van der Waals surface area contributed by atoms with Crippen LogP contribution in [0.25, 0.3) is 12.2 Å². The van der Waals surface area contributed by atoms with Crippen molar-refractivity contribution in [2.75, 3.05) is 13.1 Å². The van der Waals surface area contributed by atoms with Gasteiger partial charge >= 0.3 is 6.09 Å². The summed E-state index contributed by atoms with van der Waals surface area (Å²) < 4.78 is 5.58. The molecule has 2 aromatic rings. The molecule has 32 heavy (non-hydrogen) atoms. The van der Waals surface area contributed by atoms with Gasteiger partial charge in [0, 0.05) is 39.7 Å². The molecule has 1 spiro atoms. The third-order valence-electron chi connectivity index (χ3n) is 5.80. The molecule has 6 heteroatoms. The van der Waals surface area contributed by atoms with E-state index in [9.17, 15) is 9.59 Å². The van der Waals surface area contributed by atoms with Gasteiger partial charge in [0.1, 0.15) is 5.60 Å². The summed E-state index contributed by atoms with van der Waals surface area (Å²) in [6.45, 7) is 6.48. The number of Topliss-reactive ketones (excluding diaryl/α,β-unsaturated/α-hetero) is 1. The monoisotopic (exact) mass is 469 g/mol. The fourth-order valence-electron chi connectivity index (χ4n) is 4.25. The van der Waals surface area contributed by atoms with E-state index < -0.39 is 11.0 Å². The Morgan fingerprint density at radius 2 is 1.41 bits per heavy atom. The number of nitrogens with zero attached hydrogens (tertiary/aromatic N) is 1. The van der Waals surface area contributed by atoms with Crippen LogP contribution < -0.4 is 0 Å². The van der Waals surface area contributed by atoms with Crippen LogP contribution in [0.2, 0.25) is 10.0 Å². The number of halogens is 2. The van der Waals surface area contributed by atoms with E-state index in [0.717, 1.165) is 11.1 Å². The van der Waals surface area contributed by atoms with Crippen molar-refractivity contribution in [2.24, 2.45) is 5.41 Å². The lowest BCUT2D eigenvalue weighted by molar-refractivity contribution is -0.117. The third-order valence-corrected chi connectivity index (χ3v) is 6.31. The number of likely N-dealkylation sites (tertiary alicyclic amines) is 1. The highest BCUT2D eigenvalue weighted by atomic mass is 35.5. The van der Waals surface area contributed by atoms with Gasteiger partial charge in [0.05, 0.1) is 0 Å². The van der Waals surface area contributed by atoms with Crippen molar-refractivity contribution < 1.29 is 14.3 Å². The van der Waals surface area contributed by atoms with Crippen LogP contribution in [0.15, 0.2) is 59.7 Å². The van der Waals surface area contributed by atoms with E-state index in [1.165, 1.54) is 0 Å². The highest BCUT2D eigenvalue weighted by molar-refractivity contribution is 6.31. The first-order valence-electron chi connectivity index (χ1n) is 10.6. The summed E-state index contributed by atoms with van der Waals surface area (Å²) in [5.41, 5.74) is 2.13. The molecular weight excluding hydrogens is 445 g/mol. The van der Waals surface area contributed by atoms with E-state index in [1.807, 2.05) is 57.2 Å². The van der Waals surface area contributed by atoms with Crippen LogP contribution in [0.1, 0.15) is 38.3 Å². The SMILES string of the molecule is CC(C)(C)OC(=O)N1CCC2(C1)/C(=C\c1ccc(Cl)cc1)C(=O)/C2=C/c1ccc(Cl)cc1. The predicted octanol–water partition coefficient (Wildman–Crippen LogP) is 6.67. The van der Waals surface area contributed by atoms with Gasteiger partial charge in [-0.3, -0.25) is 4.79 Å². The van der Waals surface area contributed by atoms with Gasteiger partial charge in [-0.1, -0.05) is 47.5 Å². The average Bonchev–Trinajstić information content (AvgIpc) is 3.19. The van der Waals surface area contributed by atoms with Crippen LogP contribution in [0.4, 0.5) is 4.79 Å². The zero-order chi connectivity index (χ0) is 23.1. The number of rotatable bonds is 2. The predicted molar refractivity (Wildman–Crippen MR) is 129 cm³/mol. The van der Waals surface area contributed by atoms with Crippen molar-refractivity contribution in [2.45, 2.75) is 32.8 Å². The van der Waals surface area contributed by atoms with Crippen molar-refractivity contribution in [3.63, 3.8) is 0 Å². The Morgan fingerprint density at radius 1 is 0.938 bits per heavy atom. The van der Waals surface area contributed by atoms with Gasteiger partial charge in [0.15, 0.2) is 5.78 Å². The number of hydrogen-bond acceptors (Lipinski definition) is 3. The minimum Gasteiger partial charge on any atom is -0.444 e. The summed E-state index contributed by atoms with van der Waals surface area (Å²) >= 11 is 12.0. The van der Waals surface area contributed by atoms with Gasteiger partial charge in [-0.2, -0.15) is 0 Å². The molecule has 1 saturated heterocycles. The maximum atomic E-state index is 13.2. The third kappa shape index (κ3) is 4.48. The lowest BCUT2D eigenvalue weighted by atomic mass is 9.58. The highest BCUT2D eigenvalue weighted by Crippen LogP contribution is 2.55. The maximum Gasteiger partial charge on any atom is 0.410 e. The van der Waals surface area contributed by atoms with E-state index in [0.29, 0.717) is 40.7 Å². The van der Waals surface area contributed by atoms with Crippen molar-refractivity contribution >= 4 is 47.2 Å². The number of hydrogen-bond donors (Lipinski definition) is 0. The topological polar surface area (TPSA) is 46.6 Å². The lowest BCUT2D eigenvalue weighted by Crippen LogP contribution is -2.47. The second kappa shape index (κ2) is 8.42. The average molecular weight is 470 g/mol. The van der Waals surface area contributed by atoms with Crippen LogP contribution in [0.3, 0.4) is 0 Å². The second-order valence-corrected chi connectivity index (χ2v) is 10.2. The van der Waals surface area contributed by atoms with Crippen molar-refractivity contribution in [1.29, 1.82) is 0 Å². The van der Waals surface area contributed by atoms with E-state index >= 15 is 0 Å². The Morgan fingerprint density at radius 3 is 1.84 bits per heavy atom. The lowest BCUT2D eigenvalue weighted by Gasteiger charge is -2.43. The van der Waals surface area contributed by atoms with Gasteiger partial charge in [-0.15, -0.1) is 0 Å². The molecule has 0 radical (unpaired) electrons. The molecule has 0 N–H and O–H groups in total. The highest BCUT2D eigenvalue weighted by Gasteiger charge is 2.57. The molecule has 4 rings (SSSR count). The second-order valence-electron chi connectivity index (χ2n) is 9.28. The fraction of sp³-hybridized carbons (Fsp3) is 0.308. The zero-order valence-electron chi connectivity index (χ0n) is 18.3. The standard InChI is InChI=1S/C26H25Cl2NO3/c1-25(2,3)32-24(31)29-13-12-26(16-29)21(14-17-4-8-19(27)9-5-17)23(30)22(26)15-18-6-10-20(28)11-7-18/h4-11,14-15H,12-13,16H2,1-3H3/b21-14-,22-15-. The maximum absolute atomic E-state index is 13.2. The number of amides is 1. The van der Waals surface area contributed by atoms with Crippen molar-refractivity contribution in [3.05, 3.63) is 80.8 Å². The van der Waals surface area contributed by atoms with Gasteiger partial charge in [0.25, 0.3) is 0 Å². The normalized spacial score (nSPS) is 23.2. The molecule has 1 aliphatic heterocycles. The number of carbonyl (C=O) groups excluding carboxylic acids is 2. The van der Waals surface area contributed by atoms with Gasteiger partial charge < -0.3 is 9.64 Å². The number of ketones is 1. The Hall–Kier alpha value is -2.56. The van der Waals surface area contributed by atoms with Crippen LogP contribution in [0.5, 0.6) is 0 Å². The number of carbonyl (C=O) groups is 2. The number of ether oxygens (including phenoxy) is 1. The molecule has 1 heterocycles. The number of benzene rings is 2. The first kappa shape index (κ1) is 22.6. The van der Waals surface area contributed by atoms with Gasteiger partial charge in [0.2, 0.25) is 0 Å². The molecule has 166 valence electrons. The first-order valence-corrected chi connectivity index (χ1v) is 11.3. The summed E-state index contributed by atoms with van der Waals surface area (Å²) in [6.07, 6.45) is 4.13. The molecular formula is C26H25Cl2NO3. The smallest absolute Gasteiger partial charge is 0.410 e. The molecule has 0 atom stereocenters.